The Kier molecular flexibility index (Phi) is 4.99. The predicted octanol–water partition coefficient (Wildman–Crippen LogP) is 2.69. The molecule has 1 atom stereocenters. The van der Waals surface area contributed by atoms with Gasteiger partial charge in [-0.25, -0.2) is 4.39 Å². The molecule has 0 N–H and O–H groups in total. The second-order valence-electron chi connectivity index (χ2n) is 5.55. The average molecular weight is 347 g/mol. The zero-order valence-electron chi connectivity index (χ0n) is 13.3. The number of benzene rings is 1. The minimum Gasteiger partial charge on any atom is -0.328 e. The monoisotopic (exact) mass is 347 g/mol. The molecule has 1 fully saturated rings. The van der Waals surface area contributed by atoms with E-state index in [1.165, 1.54) is 30.0 Å². The van der Waals surface area contributed by atoms with Gasteiger partial charge in [0.2, 0.25) is 5.91 Å². The Morgan fingerprint density at radius 3 is 2.92 bits per heavy atom. The molecule has 2 heterocycles. The van der Waals surface area contributed by atoms with E-state index >= 15 is 0 Å². The summed E-state index contributed by atoms with van der Waals surface area (Å²) >= 11 is 1.31. The van der Waals surface area contributed by atoms with E-state index in [-0.39, 0.29) is 22.5 Å². The summed E-state index contributed by atoms with van der Waals surface area (Å²) < 4.78 is 15.3. The minimum absolute atomic E-state index is 0.0717. The normalized spacial score (nSPS) is 18.0. The predicted molar refractivity (Wildman–Crippen MR) is 91.8 cm³/mol. The summed E-state index contributed by atoms with van der Waals surface area (Å²) in [6, 6.07) is 7.47. The van der Waals surface area contributed by atoms with E-state index < -0.39 is 0 Å². The van der Waals surface area contributed by atoms with Crippen LogP contribution in [0.5, 0.6) is 0 Å². The van der Waals surface area contributed by atoms with Crippen molar-refractivity contribution < 1.29 is 9.18 Å². The van der Waals surface area contributed by atoms with E-state index in [4.69, 9.17) is 0 Å². The van der Waals surface area contributed by atoms with Gasteiger partial charge in [0.25, 0.3) is 5.56 Å². The van der Waals surface area contributed by atoms with E-state index in [9.17, 15) is 14.0 Å². The largest absolute Gasteiger partial charge is 0.328 e. The van der Waals surface area contributed by atoms with Gasteiger partial charge in [-0.05, 0) is 38.0 Å². The summed E-state index contributed by atoms with van der Waals surface area (Å²) in [4.78, 5) is 30.0. The van der Waals surface area contributed by atoms with Crippen molar-refractivity contribution in [3.05, 3.63) is 52.7 Å². The number of hydrogen-bond donors (Lipinski definition) is 0. The molecule has 1 amide bonds. The Morgan fingerprint density at radius 2 is 2.17 bits per heavy atom. The van der Waals surface area contributed by atoms with Crippen LogP contribution in [0.4, 0.5) is 10.1 Å². The van der Waals surface area contributed by atoms with E-state index in [1.807, 2.05) is 11.5 Å². The van der Waals surface area contributed by atoms with Crippen LogP contribution in [0.15, 0.2) is 46.5 Å². The fraction of sp³-hybridized carbons (Fsp3) is 0.353. The topological polar surface area (TPSA) is 55.2 Å². The number of aryl methyl sites for hydroxylation is 1. The maximum Gasteiger partial charge on any atom is 0.273 e. The molecule has 1 aromatic heterocycles. The number of nitrogens with zero attached hydrogens (tertiary/aromatic N) is 3. The Labute approximate surface area is 143 Å². The van der Waals surface area contributed by atoms with Gasteiger partial charge in [-0.3, -0.25) is 9.59 Å². The van der Waals surface area contributed by atoms with Crippen LogP contribution < -0.4 is 10.5 Å². The molecule has 3 rings (SSSR count). The number of anilines is 1. The molecule has 1 aromatic carbocycles. The Bertz CT molecular complexity index is 808. The molecule has 0 unspecified atom stereocenters. The molecule has 1 aliphatic heterocycles. The lowest BCUT2D eigenvalue weighted by Crippen LogP contribution is -2.43. The second-order valence-corrected chi connectivity index (χ2v) is 6.72. The quantitative estimate of drug-likeness (QED) is 0.798. The summed E-state index contributed by atoms with van der Waals surface area (Å²) in [5.74, 6) is -0.433. The van der Waals surface area contributed by atoms with Crippen LogP contribution in [0, 0.1) is 5.82 Å². The highest BCUT2D eigenvalue weighted by Crippen LogP contribution is 2.31. The van der Waals surface area contributed by atoms with Crippen LogP contribution in [0.25, 0.3) is 0 Å². The summed E-state index contributed by atoms with van der Waals surface area (Å²) in [6.45, 7) is 3.20. The van der Waals surface area contributed by atoms with Crippen molar-refractivity contribution >= 4 is 23.4 Å². The number of carbonyl (C=O) groups is 1. The summed E-state index contributed by atoms with van der Waals surface area (Å²) in [6.07, 6.45) is 3.22. The number of piperidine rings is 1. The SMILES string of the molecule is CCn1ccc(=O)nc1S[C@@H]1CCCN(c2cccc(F)c2)C1=O. The lowest BCUT2D eigenvalue weighted by molar-refractivity contribution is -0.119. The van der Waals surface area contributed by atoms with Crippen LogP contribution in [0.1, 0.15) is 19.8 Å². The summed E-state index contributed by atoms with van der Waals surface area (Å²) in [5.41, 5.74) is 0.256. The smallest absolute Gasteiger partial charge is 0.273 e. The number of aromatic nitrogens is 2. The molecule has 1 aliphatic rings. The summed E-state index contributed by atoms with van der Waals surface area (Å²) in [7, 11) is 0. The second kappa shape index (κ2) is 7.17. The van der Waals surface area contributed by atoms with Crippen molar-refractivity contribution in [2.75, 3.05) is 11.4 Å². The number of hydrogen-bond acceptors (Lipinski definition) is 4. The molecular weight excluding hydrogens is 329 g/mol. The molecule has 2 aromatic rings. The maximum atomic E-state index is 13.4. The zero-order valence-corrected chi connectivity index (χ0v) is 14.1. The van der Waals surface area contributed by atoms with Crippen molar-refractivity contribution in [1.29, 1.82) is 0 Å². The van der Waals surface area contributed by atoms with Crippen molar-refractivity contribution in [2.45, 2.75) is 36.7 Å². The molecule has 0 radical (unpaired) electrons. The maximum absolute atomic E-state index is 13.4. The third kappa shape index (κ3) is 3.51. The van der Waals surface area contributed by atoms with Gasteiger partial charge in [0, 0.05) is 31.0 Å². The first-order valence-electron chi connectivity index (χ1n) is 7.89. The highest BCUT2D eigenvalue weighted by Gasteiger charge is 2.31. The molecule has 5 nitrogen and oxygen atoms in total. The molecule has 0 bridgehead atoms. The molecule has 126 valence electrons. The lowest BCUT2D eigenvalue weighted by Gasteiger charge is -2.32. The minimum atomic E-state index is -0.361. The molecule has 24 heavy (non-hydrogen) atoms. The van der Waals surface area contributed by atoms with Crippen molar-refractivity contribution in [3.8, 4) is 0 Å². The van der Waals surface area contributed by atoms with Crippen LogP contribution in [-0.4, -0.2) is 27.3 Å². The van der Waals surface area contributed by atoms with E-state index in [1.54, 1.807) is 23.2 Å². The van der Waals surface area contributed by atoms with E-state index in [0.717, 1.165) is 6.42 Å². The van der Waals surface area contributed by atoms with Crippen LogP contribution in [-0.2, 0) is 11.3 Å². The summed E-state index contributed by atoms with van der Waals surface area (Å²) in [5, 5.41) is 0.221. The van der Waals surface area contributed by atoms with Gasteiger partial charge in [-0.15, -0.1) is 0 Å². The lowest BCUT2D eigenvalue weighted by atomic mass is 10.1. The van der Waals surface area contributed by atoms with Crippen LogP contribution >= 0.6 is 11.8 Å². The van der Waals surface area contributed by atoms with E-state index in [0.29, 0.717) is 30.4 Å². The van der Waals surface area contributed by atoms with Gasteiger partial charge in [-0.2, -0.15) is 4.98 Å². The van der Waals surface area contributed by atoms with Crippen molar-refractivity contribution in [2.24, 2.45) is 0 Å². The molecular formula is C17H18FN3O2S. The molecule has 7 heteroatoms. The number of thioether (sulfide) groups is 1. The van der Waals surface area contributed by atoms with Crippen LogP contribution in [0.2, 0.25) is 0 Å². The number of carbonyl (C=O) groups excluding carboxylic acids is 1. The molecule has 0 aliphatic carbocycles. The Balaban J connectivity index is 1.83. The highest BCUT2D eigenvalue weighted by molar-refractivity contribution is 8.00. The highest BCUT2D eigenvalue weighted by atomic mass is 32.2. The average Bonchev–Trinajstić information content (AvgIpc) is 2.57. The first-order chi connectivity index (χ1) is 11.6. The first-order valence-corrected chi connectivity index (χ1v) is 8.77. The van der Waals surface area contributed by atoms with Crippen molar-refractivity contribution in [3.63, 3.8) is 0 Å². The standard InChI is InChI=1S/C17H18FN3O2S/c1-2-20-10-8-15(22)19-17(20)24-14-7-4-9-21(16(14)23)13-6-3-5-12(18)11-13/h3,5-6,8,10-11,14H,2,4,7,9H2,1H3/t14-/m1/s1. The molecule has 0 spiro atoms. The fourth-order valence-corrected chi connectivity index (χ4v) is 3.96. The Hall–Kier alpha value is -2.15. The van der Waals surface area contributed by atoms with Gasteiger partial charge in [0.1, 0.15) is 5.82 Å². The fourth-order valence-electron chi connectivity index (χ4n) is 2.73. The molecule has 0 saturated carbocycles. The zero-order chi connectivity index (χ0) is 17.1. The van der Waals surface area contributed by atoms with Gasteiger partial charge >= 0.3 is 0 Å². The van der Waals surface area contributed by atoms with E-state index in [2.05, 4.69) is 4.98 Å². The molecule has 1 saturated heterocycles. The van der Waals surface area contributed by atoms with Gasteiger partial charge in [0.15, 0.2) is 5.16 Å². The number of halogens is 1. The number of rotatable bonds is 4. The van der Waals surface area contributed by atoms with Gasteiger partial charge < -0.3 is 9.47 Å². The number of amides is 1. The third-order valence-electron chi connectivity index (χ3n) is 3.95. The van der Waals surface area contributed by atoms with Gasteiger partial charge in [0.05, 0.1) is 5.25 Å². The van der Waals surface area contributed by atoms with Crippen molar-refractivity contribution in [1.82, 2.24) is 9.55 Å². The van der Waals surface area contributed by atoms with Gasteiger partial charge in [-0.1, -0.05) is 17.8 Å². The Morgan fingerprint density at radius 1 is 1.33 bits per heavy atom. The first kappa shape index (κ1) is 16.7. The van der Waals surface area contributed by atoms with Crippen LogP contribution in [0.3, 0.4) is 0 Å². The third-order valence-corrected chi connectivity index (χ3v) is 5.20.